The summed E-state index contributed by atoms with van der Waals surface area (Å²) in [4.78, 5) is 15.0. The van der Waals surface area contributed by atoms with Gasteiger partial charge < -0.3 is 5.32 Å². The van der Waals surface area contributed by atoms with E-state index in [1.165, 1.54) is 6.33 Å². The first kappa shape index (κ1) is 14.5. The molecule has 2 N–H and O–H groups in total. The number of H-pyrrole nitrogens is 1. The topological polar surface area (TPSA) is 70.7 Å². The number of aromatic nitrogens is 3. The van der Waals surface area contributed by atoms with Crippen LogP contribution in [0, 0.1) is 0 Å². The van der Waals surface area contributed by atoms with Crippen molar-refractivity contribution in [1.82, 2.24) is 20.5 Å². The van der Waals surface area contributed by atoms with Gasteiger partial charge in [0, 0.05) is 12.1 Å². The van der Waals surface area contributed by atoms with E-state index < -0.39 is 0 Å². The molecule has 2 aromatic rings. The van der Waals surface area contributed by atoms with Gasteiger partial charge in [-0.15, -0.1) is 24.0 Å². The molecule has 2 rings (SSSR count). The minimum Gasteiger partial charge on any atom is -0.351 e. The number of nitrogens with one attached hydrogen (secondary N) is 2. The second-order valence-electron chi connectivity index (χ2n) is 3.44. The molecule has 0 spiro atoms. The Bertz CT molecular complexity index is 484. The largest absolute Gasteiger partial charge is 0.351 e. The quantitative estimate of drug-likeness (QED) is 0.842. The Labute approximate surface area is 115 Å². The molecule has 1 aromatic carbocycles. The van der Waals surface area contributed by atoms with Crippen molar-refractivity contribution >= 4 is 29.9 Å². The van der Waals surface area contributed by atoms with E-state index in [1.54, 1.807) is 0 Å². The van der Waals surface area contributed by atoms with Crippen LogP contribution in [0.15, 0.2) is 30.6 Å². The lowest BCUT2D eigenvalue weighted by Crippen LogP contribution is -2.23. The number of carbonyl (C=O) groups excluding carboxylic acids is 1. The molecule has 1 aromatic heterocycles. The summed E-state index contributed by atoms with van der Waals surface area (Å²) >= 11 is 5.38. The number of alkyl halides is 1. The molecule has 0 bridgehead atoms. The maximum atomic E-state index is 11.0. The summed E-state index contributed by atoms with van der Waals surface area (Å²) in [7, 11) is 0. The van der Waals surface area contributed by atoms with Crippen molar-refractivity contribution in [3.05, 3.63) is 36.2 Å². The van der Waals surface area contributed by atoms with E-state index in [9.17, 15) is 4.79 Å². The molecular weight excluding hydrogens is 275 g/mol. The molecule has 0 aliphatic rings. The Morgan fingerprint density at radius 1 is 1.33 bits per heavy atom. The van der Waals surface area contributed by atoms with Gasteiger partial charge in [0.05, 0.1) is 0 Å². The zero-order valence-corrected chi connectivity index (χ0v) is 11.0. The Kier molecular flexibility index (Phi) is 5.61. The SMILES string of the molecule is Cl.O=C(CCl)NCc1ccc(-c2ncn[nH]2)cc1. The van der Waals surface area contributed by atoms with Crippen molar-refractivity contribution in [1.29, 1.82) is 0 Å². The van der Waals surface area contributed by atoms with Crippen molar-refractivity contribution in [2.24, 2.45) is 0 Å². The van der Waals surface area contributed by atoms with E-state index in [4.69, 9.17) is 11.6 Å². The zero-order valence-electron chi connectivity index (χ0n) is 9.39. The van der Waals surface area contributed by atoms with Gasteiger partial charge in [-0.25, -0.2) is 4.98 Å². The number of hydrogen-bond acceptors (Lipinski definition) is 3. The highest BCUT2D eigenvalue weighted by molar-refractivity contribution is 6.27. The van der Waals surface area contributed by atoms with E-state index >= 15 is 0 Å². The third-order valence-corrected chi connectivity index (χ3v) is 2.50. The third kappa shape index (κ3) is 3.72. The Hall–Kier alpha value is -1.59. The molecule has 5 nitrogen and oxygen atoms in total. The van der Waals surface area contributed by atoms with E-state index in [2.05, 4.69) is 20.5 Å². The maximum absolute atomic E-state index is 11.0. The molecule has 0 radical (unpaired) electrons. The van der Waals surface area contributed by atoms with Gasteiger partial charge in [0.15, 0.2) is 5.82 Å². The van der Waals surface area contributed by atoms with Crippen molar-refractivity contribution in [3.63, 3.8) is 0 Å². The zero-order chi connectivity index (χ0) is 12.1. The highest BCUT2D eigenvalue weighted by Crippen LogP contribution is 2.14. The van der Waals surface area contributed by atoms with Crippen LogP contribution in [0.4, 0.5) is 0 Å². The highest BCUT2D eigenvalue weighted by atomic mass is 35.5. The fourth-order valence-corrected chi connectivity index (χ4v) is 1.47. The number of amides is 1. The first-order valence-corrected chi connectivity index (χ1v) is 5.60. The van der Waals surface area contributed by atoms with E-state index in [0.29, 0.717) is 6.54 Å². The lowest BCUT2D eigenvalue weighted by molar-refractivity contribution is -0.118. The van der Waals surface area contributed by atoms with Crippen molar-refractivity contribution in [2.75, 3.05) is 5.88 Å². The van der Waals surface area contributed by atoms with Gasteiger partial charge in [0.25, 0.3) is 0 Å². The van der Waals surface area contributed by atoms with Crippen LogP contribution in [0.25, 0.3) is 11.4 Å². The highest BCUT2D eigenvalue weighted by Gasteiger charge is 2.01. The molecule has 1 heterocycles. The number of nitrogens with zero attached hydrogens (tertiary/aromatic N) is 2. The summed E-state index contributed by atoms with van der Waals surface area (Å²) in [6, 6.07) is 7.68. The van der Waals surface area contributed by atoms with Crippen molar-refractivity contribution < 1.29 is 4.79 Å². The molecule has 0 aliphatic heterocycles. The number of carbonyl (C=O) groups is 1. The van der Waals surface area contributed by atoms with Crippen molar-refractivity contribution in [2.45, 2.75) is 6.54 Å². The van der Waals surface area contributed by atoms with Crippen LogP contribution >= 0.6 is 24.0 Å². The van der Waals surface area contributed by atoms with Crippen LogP contribution in [0.2, 0.25) is 0 Å². The van der Waals surface area contributed by atoms with E-state index in [-0.39, 0.29) is 24.2 Å². The van der Waals surface area contributed by atoms with Gasteiger partial charge in [-0.1, -0.05) is 24.3 Å². The van der Waals surface area contributed by atoms with Crippen LogP contribution in [-0.4, -0.2) is 27.0 Å². The summed E-state index contributed by atoms with van der Waals surface area (Å²) < 4.78 is 0. The molecule has 96 valence electrons. The fraction of sp³-hybridized carbons (Fsp3) is 0.182. The van der Waals surface area contributed by atoms with Crippen LogP contribution < -0.4 is 5.32 Å². The Morgan fingerprint density at radius 3 is 2.61 bits per heavy atom. The number of hydrogen-bond donors (Lipinski definition) is 2. The van der Waals surface area contributed by atoms with Gasteiger partial charge in [-0.05, 0) is 5.56 Å². The maximum Gasteiger partial charge on any atom is 0.235 e. The number of rotatable bonds is 4. The third-order valence-electron chi connectivity index (χ3n) is 2.25. The number of aromatic amines is 1. The van der Waals surface area contributed by atoms with Gasteiger partial charge in [-0.2, -0.15) is 5.10 Å². The summed E-state index contributed by atoms with van der Waals surface area (Å²) in [5.41, 5.74) is 1.96. The summed E-state index contributed by atoms with van der Waals surface area (Å²) in [6.07, 6.45) is 1.46. The molecule has 18 heavy (non-hydrogen) atoms. The standard InChI is InChI=1S/C11H11ClN4O.ClH/c12-5-10(17)13-6-8-1-3-9(4-2-8)11-14-7-15-16-11;/h1-4,7H,5-6H2,(H,13,17)(H,14,15,16);1H. The molecule has 1 amide bonds. The van der Waals surface area contributed by atoms with Gasteiger partial charge in [0.2, 0.25) is 5.91 Å². The smallest absolute Gasteiger partial charge is 0.235 e. The molecule has 0 saturated carbocycles. The Balaban J connectivity index is 0.00000162. The van der Waals surface area contributed by atoms with Crippen LogP contribution in [-0.2, 0) is 11.3 Å². The van der Waals surface area contributed by atoms with Gasteiger partial charge in [0.1, 0.15) is 12.2 Å². The van der Waals surface area contributed by atoms with E-state index in [1.807, 2.05) is 24.3 Å². The lowest BCUT2D eigenvalue weighted by Gasteiger charge is -2.03. The molecule has 0 saturated heterocycles. The normalized spacial score (nSPS) is 9.61. The Morgan fingerprint density at radius 2 is 2.06 bits per heavy atom. The molecule has 7 heteroatoms. The number of benzene rings is 1. The first-order valence-electron chi connectivity index (χ1n) is 5.07. The minimum atomic E-state index is -0.175. The van der Waals surface area contributed by atoms with Crippen LogP contribution in [0.5, 0.6) is 0 Å². The monoisotopic (exact) mass is 286 g/mol. The predicted molar refractivity (Wildman–Crippen MR) is 71.6 cm³/mol. The van der Waals surface area contributed by atoms with Crippen LogP contribution in [0.1, 0.15) is 5.56 Å². The summed E-state index contributed by atoms with van der Waals surface area (Å²) in [5, 5.41) is 9.26. The first-order chi connectivity index (χ1) is 8.29. The second-order valence-corrected chi connectivity index (χ2v) is 3.71. The van der Waals surface area contributed by atoms with Gasteiger partial charge in [-0.3, -0.25) is 9.89 Å². The second kappa shape index (κ2) is 6.98. The predicted octanol–water partition coefficient (Wildman–Crippen LogP) is 1.75. The minimum absolute atomic E-state index is 0. The fourth-order valence-electron chi connectivity index (χ4n) is 1.37. The van der Waals surface area contributed by atoms with Crippen LogP contribution in [0.3, 0.4) is 0 Å². The average Bonchev–Trinajstić information content (AvgIpc) is 2.90. The summed E-state index contributed by atoms with van der Waals surface area (Å²) in [6.45, 7) is 0.474. The number of halogens is 2. The molecule has 0 atom stereocenters. The van der Waals surface area contributed by atoms with E-state index in [0.717, 1.165) is 17.0 Å². The summed E-state index contributed by atoms with van der Waals surface area (Å²) in [5.74, 6) is 0.531. The molecular formula is C11H12Cl2N4O. The molecule has 0 aliphatic carbocycles. The average molecular weight is 287 g/mol. The van der Waals surface area contributed by atoms with Gasteiger partial charge >= 0.3 is 0 Å². The van der Waals surface area contributed by atoms with Crippen molar-refractivity contribution in [3.8, 4) is 11.4 Å². The lowest BCUT2D eigenvalue weighted by atomic mass is 10.1. The molecule has 0 fully saturated rings. The molecule has 0 unspecified atom stereocenters.